The minimum Gasteiger partial charge on any atom is -0.507 e. The number of aromatic amines is 1. The minimum absolute atomic E-state index is 0.101. The van der Waals surface area contributed by atoms with Crippen molar-refractivity contribution in [1.82, 2.24) is 19.7 Å². The SMILES string of the molecule is Cc1cc(-n2[nH]c(C)cc2=O)nc(-c2ccccc2O)n1. The molecule has 21 heavy (non-hydrogen) atoms. The third-order valence-electron chi connectivity index (χ3n) is 3.06. The van der Waals surface area contributed by atoms with Crippen molar-refractivity contribution >= 4 is 0 Å². The highest BCUT2D eigenvalue weighted by molar-refractivity contribution is 5.64. The zero-order valence-corrected chi connectivity index (χ0v) is 11.7. The number of phenolic OH excluding ortho intramolecular Hbond substituents is 1. The van der Waals surface area contributed by atoms with Crippen molar-refractivity contribution < 1.29 is 5.11 Å². The fourth-order valence-electron chi connectivity index (χ4n) is 2.13. The average Bonchev–Trinajstić information content (AvgIpc) is 2.77. The second-order valence-electron chi connectivity index (χ2n) is 4.82. The fourth-order valence-corrected chi connectivity index (χ4v) is 2.13. The first-order valence-corrected chi connectivity index (χ1v) is 6.48. The van der Waals surface area contributed by atoms with E-state index in [4.69, 9.17) is 0 Å². The van der Waals surface area contributed by atoms with Gasteiger partial charge in [-0.3, -0.25) is 9.89 Å². The van der Waals surface area contributed by atoms with Crippen LogP contribution in [0.4, 0.5) is 0 Å². The Balaban J connectivity index is 2.20. The molecule has 6 heteroatoms. The van der Waals surface area contributed by atoms with Gasteiger partial charge in [-0.15, -0.1) is 0 Å². The number of nitrogens with one attached hydrogen (secondary N) is 1. The third-order valence-corrected chi connectivity index (χ3v) is 3.06. The molecule has 2 N–H and O–H groups in total. The fraction of sp³-hybridized carbons (Fsp3) is 0.133. The topological polar surface area (TPSA) is 83.8 Å². The highest BCUT2D eigenvalue weighted by Crippen LogP contribution is 2.26. The van der Waals surface area contributed by atoms with Crippen molar-refractivity contribution in [1.29, 1.82) is 0 Å². The van der Waals surface area contributed by atoms with Gasteiger partial charge in [0.2, 0.25) is 0 Å². The Hall–Kier alpha value is -2.89. The van der Waals surface area contributed by atoms with Crippen LogP contribution in [0, 0.1) is 13.8 Å². The lowest BCUT2D eigenvalue weighted by molar-refractivity contribution is 0.477. The summed E-state index contributed by atoms with van der Waals surface area (Å²) in [6.07, 6.45) is 0. The van der Waals surface area contributed by atoms with Crippen LogP contribution in [-0.4, -0.2) is 24.9 Å². The largest absolute Gasteiger partial charge is 0.507 e. The number of aromatic nitrogens is 4. The molecule has 0 bridgehead atoms. The maximum absolute atomic E-state index is 11.9. The first kappa shape index (κ1) is 13.1. The third kappa shape index (κ3) is 2.43. The molecule has 0 radical (unpaired) electrons. The molecule has 0 unspecified atom stereocenters. The van der Waals surface area contributed by atoms with Gasteiger partial charge < -0.3 is 5.11 Å². The average molecular weight is 282 g/mol. The molecule has 1 aromatic carbocycles. The standard InChI is InChI=1S/C15H14N4O2/c1-9-7-13(19-14(21)8-10(2)18-19)17-15(16-9)11-5-3-4-6-12(11)20/h3-8,18,20H,1-2H3. The molecular formula is C15H14N4O2. The normalized spacial score (nSPS) is 10.8. The van der Waals surface area contributed by atoms with Gasteiger partial charge in [-0.25, -0.2) is 14.6 Å². The number of aromatic hydroxyl groups is 1. The summed E-state index contributed by atoms with van der Waals surface area (Å²) in [5.41, 5.74) is 1.80. The lowest BCUT2D eigenvalue weighted by Gasteiger charge is -2.07. The van der Waals surface area contributed by atoms with E-state index in [1.807, 2.05) is 6.92 Å². The Bertz CT molecular complexity index is 864. The lowest BCUT2D eigenvalue weighted by Crippen LogP contribution is -2.16. The van der Waals surface area contributed by atoms with Crippen LogP contribution in [0.2, 0.25) is 0 Å². The molecule has 3 rings (SSSR count). The Morgan fingerprint density at radius 3 is 2.57 bits per heavy atom. The van der Waals surface area contributed by atoms with E-state index in [1.165, 1.54) is 10.7 Å². The molecule has 3 aromatic rings. The molecule has 0 aliphatic carbocycles. The zero-order valence-electron chi connectivity index (χ0n) is 11.7. The second-order valence-corrected chi connectivity index (χ2v) is 4.82. The molecule has 0 saturated heterocycles. The number of para-hydroxylation sites is 1. The molecule has 2 aromatic heterocycles. The Kier molecular flexibility index (Phi) is 3.06. The Morgan fingerprint density at radius 1 is 1.14 bits per heavy atom. The highest BCUT2D eigenvalue weighted by Gasteiger charge is 2.11. The van der Waals surface area contributed by atoms with Crippen LogP contribution in [0.1, 0.15) is 11.4 Å². The summed E-state index contributed by atoms with van der Waals surface area (Å²) in [6.45, 7) is 3.62. The van der Waals surface area contributed by atoms with Gasteiger partial charge in [-0.1, -0.05) is 12.1 Å². The molecule has 0 aliphatic heterocycles. The first-order valence-electron chi connectivity index (χ1n) is 6.48. The van der Waals surface area contributed by atoms with Crippen molar-refractivity contribution in [3.63, 3.8) is 0 Å². The molecule has 6 nitrogen and oxygen atoms in total. The number of H-pyrrole nitrogens is 1. The van der Waals surface area contributed by atoms with E-state index < -0.39 is 0 Å². The Morgan fingerprint density at radius 2 is 1.90 bits per heavy atom. The van der Waals surface area contributed by atoms with Crippen LogP contribution >= 0.6 is 0 Å². The van der Waals surface area contributed by atoms with Crippen LogP contribution in [0.3, 0.4) is 0 Å². The lowest BCUT2D eigenvalue weighted by atomic mass is 10.2. The van der Waals surface area contributed by atoms with Crippen LogP contribution < -0.4 is 5.56 Å². The predicted octanol–water partition coefficient (Wildman–Crippen LogP) is 1.95. The molecule has 0 fully saturated rings. The number of rotatable bonds is 2. The summed E-state index contributed by atoms with van der Waals surface area (Å²) >= 11 is 0. The van der Waals surface area contributed by atoms with Crippen molar-refractivity contribution in [2.24, 2.45) is 0 Å². The molecular weight excluding hydrogens is 268 g/mol. The van der Waals surface area contributed by atoms with E-state index in [0.717, 1.165) is 5.69 Å². The number of phenols is 1. The van der Waals surface area contributed by atoms with Crippen molar-refractivity contribution in [3.05, 3.63) is 58.1 Å². The summed E-state index contributed by atoms with van der Waals surface area (Å²) in [7, 11) is 0. The smallest absolute Gasteiger partial charge is 0.272 e. The maximum Gasteiger partial charge on any atom is 0.272 e. The van der Waals surface area contributed by atoms with E-state index >= 15 is 0 Å². The minimum atomic E-state index is -0.186. The van der Waals surface area contributed by atoms with E-state index in [0.29, 0.717) is 22.9 Å². The van der Waals surface area contributed by atoms with Crippen molar-refractivity contribution in [2.75, 3.05) is 0 Å². The molecule has 0 atom stereocenters. The monoisotopic (exact) mass is 282 g/mol. The maximum atomic E-state index is 11.9. The molecule has 0 spiro atoms. The van der Waals surface area contributed by atoms with Crippen LogP contribution in [0.25, 0.3) is 17.2 Å². The second kappa shape index (κ2) is 4.90. The van der Waals surface area contributed by atoms with Gasteiger partial charge in [0.15, 0.2) is 11.6 Å². The molecule has 106 valence electrons. The highest BCUT2D eigenvalue weighted by atomic mass is 16.3. The van der Waals surface area contributed by atoms with Crippen LogP contribution in [0.15, 0.2) is 41.2 Å². The van der Waals surface area contributed by atoms with E-state index in [9.17, 15) is 9.90 Å². The van der Waals surface area contributed by atoms with E-state index in [1.54, 1.807) is 37.3 Å². The number of aryl methyl sites for hydroxylation is 2. The summed E-state index contributed by atoms with van der Waals surface area (Å²) in [6, 6.07) is 10.0. The molecule has 0 aliphatic rings. The first-order chi connectivity index (χ1) is 10.0. The van der Waals surface area contributed by atoms with Gasteiger partial charge in [0.25, 0.3) is 5.56 Å². The summed E-state index contributed by atoms with van der Waals surface area (Å²) in [4.78, 5) is 20.6. The van der Waals surface area contributed by atoms with Gasteiger partial charge in [0.05, 0.1) is 5.56 Å². The van der Waals surface area contributed by atoms with Gasteiger partial charge in [-0.2, -0.15) is 0 Å². The van der Waals surface area contributed by atoms with Crippen molar-refractivity contribution in [3.8, 4) is 23.0 Å². The van der Waals surface area contributed by atoms with E-state index in [2.05, 4.69) is 15.1 Å². The van der Waals surface area contributed by atoms with Gasteiger partial charge in [-0.05, 0) is 26.0 Å². The molecule has 0 amide bonds. The summed E-state index contributed by atoms with van der Waals surface area (Å²) < 4.78 is 1.35. The van der Waals surface area contributed by atoms with Gasteiger partial charge in [0, 0.05) is 23.5 Å². The molecule has 0 saturated carbocycles. The predicted molar refractivity (Wildman–Crippen MR) is 78.6 cm³/mol. The molecule has 2 heterocycles. The van der Waals surface area contributed by atoms with Crippen LogP contribution in [-0.2, 0) is 0 Å². The number of benzene rings is 1. The van der Waals surface area contributed by atoms with Crippen LogP contribution in [0.5, 0.6) is 5.75 Å². The Labute approximate surface area is 120 Å². The quantitative estimate of drug-likeness (QED) is 0.752. The zero-order chi connectivity index (χ0) is 15.0. The summed E-state index contributed by atoms with van der Waals surface area (Å²) in [5, 5.41) is 12.9. The number of hydrogen-bond donors (Lipinski definition) is 2. The van der Waals surface area contributed by atoms with Gasteiger partial charge in [0.1, 0.15) is 5.75 Å². The number of nitrogens with zero attached hydrogens (tertiary/aromatic N) is 3. The van der Waals surface area contributed by atoms with Gasteiger partial charge >= 0.3 is 0 Å². The van der Waals surface area contributed by atoms with E-state index in [-0.39, 0.29) is 11.3 Å². The van der Waals surface area contributed by atoms with Crippen molar-refractivity contribution in [2.45, 2.75) is 13.8 Å². The number of hydrogen-bond acceptors (Lipinski definition) is 4. The summed E-state index contributed by atoms with van der Waals surface area (Å²) in [5.74, 6) is 0.921.